The van der Waals surface area contributed by atoms with E-state index in [1.165, 1.54) is 0 Å². The van der Waals surface area contributed by atoms with Crippen LogP contribution in [0.1, 0.15) is 41.3 Å². The fourth-order valence-electron chi connectivity index (χ4n) is 1.77. The Morgan fingerprint density at radius 2 is 2.38 bits per heavy atom. The van der Waals surface area contributed by atoms with Gasteiger partial charge in [0.15, 0.2) is 11.5 Å². The molecule has 2 atom stereocenters. The van der Waals surface area contributed by atoms with Crippen LogP contribution in [0.2, 0.25) is 0 Å². The number of carboxylic acids is 1. The Kier molecular flexibility index (Phi) is 2.78. The highest BCUT2D eigenvalue weighted by atomic mass is 16.5. The zero-order chi connectivity index (χ0) is 11.7. The van der Waals surface area contributed by atoms with Gasteiger partial charge in [0.05, 0.1) is 6.10 Å². The van der Waals surface area contributed by atoms with Crippen LogP contribution in [0.3, 0.4) is 0 Å². The largest absolute Gasteiger partial charge is 0.476 e. The van der Waals surface area contributed by atoms with Gasteiger partial charge in [0.25, 0.3) is 0 Å². The van der Waals surface area contributed by atoms with Gasteiger partial charge in [0.1, 0.15) is 6.10 Å². The fourth-order valence-corrected chi connectivity index (χ4v) is 1.77. The van der Waals surface area contributed by atoms with Crippen LogP contribution >= 0.6 is 0 Å². The number of ether oxygens (including phenoxy) is 1. The van der Waals surface area contributed by atoms with Crippen molar-refractivity contribution in [3.8, 4) is 0 Å². The topological polar surface area (TPSA) is 72.6 Å². The summed E-state index contributed by atoms with van der Waals surface area (Å²) in [4.78, 5) is 10.8. The molecule has 5 heteroatoms. The van der Waals surface area contributed by atoms with E-state index in [0.29, 0.717) is 17.7 Å². The predicted molar refractivity (Wildman–Crippen MR) is 55.2 cm³/mol. The summed E-state index contributed by atoms with van der Waals surface area (Å²) in [6, 6.07) is 0. The second kappa shape index (κ2) is 4.09. The second-order valence-electron chi connectivity index (χ2n) is 3.82. The number of hydrogen-bond acceptors (Lipinski definition) is 4. The van der Waals surface area contributed by atoms with Crippen molar-refractivity contribution in [3.05, 3.63) is 29.2 Å². The number of hydrogen-bond donors (Lipinski definition) is 1. The molecule has 0 radical (unpaired) electrons. The molecule has 1 N–H and O–H groups in total. The summed E-state index contributed by atoms with van der Waals surface area (Å²) in [5, 5.41) is 12.4. The zero-order valence-electron chi connectivity index (χ0n) is 9.14. The molecular weight excluding hydrogens is 210 g/mol. The van der Waals surface area contributed by atoms with Gasteiger partial charge in [0.2, 0.25) is 0 Å². The highest BCUT2D eigenvalue weighted by Gasteiger charge is 2.26. The maximum Gasteiger partial charge on any atom is 0.358 e. The van der Waals surface area contributed by atoms with Gasteiger partial charge in [-0.2, -0.15) is 0 Å². The minimum atomic E-state index is -1.08. The highest BCUT2D eigenvalue weighted by molar-refractivity contribution is 5.87. The molecule has 0 aromatic carbocycles. The SMILES string of the molecule is Cc1c(C(=O)O)noc1C1CC=CC(C)O1. The average molecular weight is 223 g/mol. The zero-order valence-corrected chi connectivity index (χ0v) is 9.14. The maximum absolute atomic E-state index is 10.8. The number of aromatic carboxylic acids is 1. The van der Waals surface area contributed by atoms with Crippen LogP contribution in [-0.4, -0.2) is 22.3 Å². The summed E-state index contributed by atoms with van der Waals surface area (Å²) >= 11 is 0. The maximum atomic E-state index is 10.8. The molecule has 0 saturated heterocycles. The van der Waals surface area contributed by atoms with E-state index in [1.807, 2.05) is 19.1 Å². The van der Waals surface area contributed by atoms with E-state index in [0.717, 1.165) is 0 Å². The van der Waals surface area contributed by atoms with Gasteiger partial charge in [-0.1, -0.05) is 17.3 Å². The van der Waals surface area contributed by atoms with E-state index >= 15 is 0 Å². The number of nitrogens with zero attached hydrogens (tertiary/aromatic N) is 1. The standard InChI is InChI=1S/C11H13NO4/c1-6-4-3-5-8(15-6)10-7(2)9(11(13)14)12-16-10/h3-4,6,8H,5H2,1-2H3,(H,13,14). The summed E-state index contributed by atoms with van der Waals surface area (Å²) in [5.41, 5.74) is 0.501. The molecule has 2 unspecified atom stereocenters. The molecule has 0 fully saturated rings. The Morgan fingerprint density at radius 3 is 2.94 bits per heavy atom. The van der Waals surface area contributed by atoms with E-state index in [9.17, 15) is 4.79 Å². The average Bonchev–Trinajstić information content (AvgIpc) is 2.60. The van der Waals surface area contributed by atoms with Crippen LogP contribution in [0.25, 0.3) is 0 Å². The number of aromatic nitrogens is 1. The molecule has 2 heterocycles. The molecule has 1 aliphatic heterocycles. The first-order valence-corrected chi connectivity index (χ1v) is 5.11. The lowest BCUT2D eigenvalue weighted by molar-refractivity contribution is -0.00160. The number of rotatable bonds is 2. The Hall–Kier alpha value is -1.62. The molecule has 1 aromatic rings. The summed E-state index contributed by atoms with van der Waals surface area (Å²) in [6.07, 6.45) is 4.41. The molecule has 1 aliphatic rings. The monoisotopic (exact) mass is 223 g/mol. The summed E-state index contributed by atoms with van der Waals surface area (Å²) in [5.74, 6) is -0.569. The Bertz CT molecular complexity index is 435. The van der Waals surface area contributed by atoms with Gasteiger partial charge in [-0.05, 0) is 20.3 Å². The van der Waals surface area contributed by atoms with Crippen LogP contribution in [0, 0.1) is 6.92 Å². The predicted octanol–water partition coefficient (Wildman–Crippen LogP) is 2.09. The molecule has 86 valence electrons. The second-order valence-corrected chi connectivity index (χ2v) is 3.82. The normalized spacial score (nSPS) is 24.6. The molecule has 0 amide bonds. The minimum Gasteiger partial charge on any atom is -0.476 e. The number of carboxylic acid groups (broad SMARTS) is 1. The summed E-state index contributed by atoms with van der Waals surface area (Å²) in [7, 11) is 0. The lowest BCUT2D eigenvalue weighted by Crippen LogP contribution is -2.15. The molecule has 5 nitrogen and oxygen atoms in total. The van der Waals surface area contributed by atoms with E-state index in [-0.39, 0.29) is 17.9 Å². The first-order chi connectivity index (χ1) is 7.59. The van der Waals surface area contributed by atoms with Crippen LogP contribution in [0.5, 0.6) is 0 Å². The smallest absolute Gasteiger partial charge is 0.358 e. The fraction of sp³-hybridized carbons (Fsp3) is 0.455. The van der Waals surface area contributed by atoms with Crippen molar-refractivity contribution in [2.75, 3.05) is 0 Å². The molecule has 1 aromatic heterocycles. The quantitative estimate of drug-likeness (QED) is 0.777. The van der Waals surface area contributed by atoms with Gasteiger partial charge in [0, 0.05) is 5.56 Å². The van der Waals surface area contributed by atoms with Gasteiger partial charge in [-0.3, -0.25) is 0 Å². The third-order valence-electron chi connectivity index (χ3n) is 2.59. The van der Waals surface area contributed by atoms with Crippen LogP contribution in [0.4, 0.5) is 0 Å². The van der Waals surface area contributed by atoms with E-state index < -0.39 is 5.97 Å². The lowest BCUT2D eigenvalue weighted by Gasteiger charge is -2.21. The first-order valence-electron chi connectivity index (χ1n) is 5.11. The van der Waals surface area contributed by atoms with E-state index in [1.54, 1.807) is 6.92 Å². The number of carbonyl (C=O) groups is 1. The van der Waals surface area contributed by atoms with Crippen LogP contribution in [0.15, 0.2) is 16.7 Å². The minimum absolute atomic E-state index is 0.0107. The van der Waals surface area contributed by atoms with Crippen molar-refractivity contribution in [1.29, 1.82) is 0 Å². The molecule has 16 heavy (non-hydrogen) atoms. The van der Waals surface area contributed by atoms with Gasteiger partial charge in [-0.25, -0.2) is 4.79 Å². The Labute approximate surface area is 92.7 Å². The van der Waals surface area contributed by atoms with Crippen molar-refractivity contribution < 1.29 is 19.2 Å². The Morgan fingerprint density at radius 1 is 1.62 bits per heavy atom. The Balaban J connectivity index is 2.28. The third-order valence-corrected chi connectivity index (χ3v) is 2.59. The molecule has 0 saturated carbocycles. The summed E-state index contributed by atoms with van der Waals surface area (Å²) < 4.78 is 10.7. The summed E-state index contributed by atoms with van der Waals surface area (Å²) in [6.45, 7) is 3.61. The van der Waals surface area contributed by atoms with Crippen molar-refractivity contribution in [2.45, 2.75) is 32.5 Å². The molecule has 2 rings (SSSR count). The van der Waals surface area contributed by atoms with Crippen molar-refractivity contribution in [3.63, 3.8) is 0 Å². The van der Waals surface area contributed by atoms with E-state index in [4.69, 9.17) is 14.4 Å². The molecule has 0 bridgehead atoms. The van der Waals surface area contributed by atoms with E-state index in [2.05, 4.69) is 5.16 Å². The lowest BCUT2D eigenvalue weighted by atomic mass is 10.1. The molecular formula is C11H13NO4. The van der Waals surface area contributed by atoms with Gasteiger partial charge < -0.3 is 14.4 Å². The van der Waals surface area contributed by atoms with Crippen molar-refractivity contribution in [2.24, 2.45) is 0 Å². The van der Waals surface area contributed by atoms with Gasteiger partial charge >= 0.3 is 5.97 Å². The molecule has 0 spiro atoms. The third kappa shape index (κ3) is 1.86. The van der Waals surface area contributed by atoms with Crippen LogP contribution < -0.4 is 0 Å². The van der Waals surface area contributed by atoms with Crippen molar-refractivity contribution >= 4 is 5.97 Å². The van der Waals surface area contributed by atoms with Gasteiger partial charge in [-0.15, -0.1) is 0 Å². The molecule has 0 aliphatic carbocycles. The van der Waals surface area contributed by atoms with Crippen molar-refractivity contribution in [1.82, 2.24) is 5.16 Å². The highest BCUT2D eigenvalue weighted by Crippen LogP contribution is 2.30. The van der Waals surface area contributed by atoms with Crippen LogP contribution in [-0.2, 0) is 4.74 Å². The first kappa shape index (κ1) is 10.9.